The molecule has 0 aliphatic carbocycles. The van der Waals surface area contributed by atoms with E-state index in [1.807, 2.05) is 12.1 Å². The molecule has 1 aliphatic rings. The van der Waals surface area contributed by atoms with Gasteiger partial charge in [-0.25, -0.2) is 9.98 Å². The number of methoxy groups -OCH3 is 1. The van der Waals surface area contributed by atoms with Crippen LogP contribution < -0.4 is 10.1 Å². The van der Waals surface area contributed by atoms with E-state index >= 15 is 0 Å². The molecule has 1 saturated heterocycles. The van der Waals surface area contributed by atoms with Crippen LogP contribution in [0.1, 0.15) is 31.7 Å². The van der Waals surface area contributed by atoms with Gasteiger partial charge in [0.1, 0.15) is 0 Å². The van der Waals surface area contributed by atoms with Crippen LogP contribution in [0.3, 0.4) is 0 Å². The summed E-state index contributed by atoms with van der Waals surface area (Å²) in [7, 11) is 3.74. The lowest BCUT2D eigenvalue weighted by Crippen LogP contribution is -2.40. The van der Waals surface area contributed by atoms with Crippen molar-refractivity contribution in [2.75, 3.05) is 40.5 Å². The number of hydrogen-bond donors (Lipinski definition) is 1. The molecule has 1 aromatic rings. The molecule has 0 atom stereocenters. The topological polar surface area (TPSA) is 59.0 Å². The lowest BCUT2D eigenvalue weighted by Gasteiger charge is -2.26. The second kappa shape index (κ2) is 12.3. The number of rotatable bonds is 7. The van der Waals surface area contributed by atoms with Crippen LogP contribution in [0, 0.1) is 5.92 Å². The minimum atomic E-state index is 0. The quantitative estimate of drug-likeness (QED) is 0.384. The van der Waals surface area contributed by atoms with Gasteiger partial charge in [-0.05, 0) is 38.2 Å². The third-order valence-electron chi connectivity index (χ3n) is 4.35. The summed E-state index contributed by atoms with van der Waals surface area (Å²) in [6, 6.07) is 3.91. The smallest absolute Gasteiger partial charge is 0.218 e. The molecule has 1 N–H and O–H groups in total. The van der Waals surface area contributed by atoms with Gasteiger partial charge in [-0.1, -0.05) is 6.07 Å². The standard InChI is InChI=1S/C18H30N4O2.HI/c1-4-19-18(21-14-16-6-5-10-20-17(16)23-3)22(2)11-7-15-8-12-24-13-9-15;/h5-6,10,15H,4,7-9,11-14H2,1-3H3,(H,19,21);1H. The van der Waals surface area contributed by atoms with Crippen LogP contribution in [0.5, 0.6) is 5.88 Å². The summed E-state index contributed by atoms with van der Waals surface area (Å²) >= 11 is 0. The van der Waals surface area contributed by atoms with Crippen molar-refractivity contribution in [1.82, 2.24) is 15.2 Å². The van der Waals surface area contributed by atoms with Gasteiger partial charge >= 0.3 is 0 Å². The first kappa shape index (κ1) is 22.0. The molecule has 1 aliphatic heterocycles. The van der Waals surface area contributed by atoms with Crippen LogP contribution in [0.4, 0.5) is 0 Å². The zero-order chi connectivity index (χ0) is 17.2. The van der Waals surface area contributed by atoms with Crippen molar-refractivity contribution in [2.45, 2.75) is 32.7 Å². The third kappa shape index (κ3) is 7.35. The normalized spacial score (nSPS) is 15.4. The molecule has 142 valence electrons. The molecular weight excluding hydrogens is 431 g/mol. The average Bonchev–Trinajstić information content (AvgIpc) is 2.64. The number of aromatic nitrogens is 1. The number of hydrogen-bond acceptors (Lipinski definition) is 4. The predicted octanol–water partition coefficient (Wildman–Crippen LogP) is 2.92. The van der Waals surface area contributed by atoms with Crippen LogP contribution in [-0.2, 0) is 11.3 Å². The summed E-state index contributed by atoms with van der Waals surface area (Å²) in [4.78, 5) is 11.2. The molecule has 0 amide bonds. The first-order chi connectivity index (χ1) is 11.7. The van der Waals surface area contributed by atoms with Crippen molar-refractivity contribution in [2.24, 2.45) is 10.9 Å². The molecule has 6 nitrogen and oxygen atoms in total. The van der Waals surface area contributed by atoms with Gasteiger partial charge in [-0.3, -0.25) is 0 Å². The zero-order valence-corrected chi connectivity index (χ0v) is 17.9. The van der Waals surface area contributed by atoms with E-state index in [0.29, 0.717) is 12.4 Å². The lowest BCUT2D eigenvalue weighted by atomic mass is 9.96. The van der Waals surface area contributed by atoms with Crippen molar-refractivity contribution in [3.8, 4) is 5.88 Å². The first-order valence-corrected chi connectivity index (χ1v) is 8.79. The monoisotopic (exact) mass is 462 g/mol. The van der Waals surface area contributed by atoms with E-state index in [2.05, 4.69) is 29.2 Å². The molecule has 2 rings (SSSR count). The molecule has 25 heavy (non-hydrogen) atoms. The Hall–Kier alpha value is -1.09. The van der Waals surface area contributed by atoms with Gasteiger partial charge in [0.2, 0.25) is 5.88 Å². The van der Waals surface area contributed by atoms with Gasteiger partial charge < -0.3 is 19.7 Å². The Morgan fingerprint density at radius 2 is 2.20 bits per heavy atom. The maximum Gasteiger partial charge on any atom is 0.218 e. The molecular formula is C18H31IN4O2. The van der Waals surface area contributed by atoms with Crippen molar-refractivity contribution in [3.63, 3.8) is 0 Å². The molecule has 1 aromatic heterocycles. The summed E-state index contributed by atoms with van der Waals surface area (Å²) in [5, 5.41) is 3.37. The highest BCUT2D eigenvalue weighted by Gasteiger charge is 2.15. The second-order valence-electron chi connectivity index (χ2n) is 6.11. The Morgan fingerprint density at radius 3 is 2.88 bits per heavy atom. The van der Waals surface area contributed by atoms with E-state index in [1.54, 1.807) is 13.3 Å². The maximum absolute atomic E-state index is 5.43. The second-order valence-corrected chi connectivity index (χ2v) is 6.11. The molecule has 0 saturated carbocycles. The van der Waals surface area contributed by atoms with E-state index in [0.717, 1.165) is 43.7 Å². The molecule has 7 heteroatoms. The summed E-state index contributed by atoms with van der Waals surface area (Å²) < 4.78 is 10.7. The van der Waals surface area contributed by atoms with Gasteiger partial charge in [0.05, 0.1) is 13.7 Å². The van der Waals surface area contributed by atoms with Crippen LogP contribution >= 0.6 is 24.0 Å². The molecule has 0 spiro atoms. The van der Waals surface area contributed by atoms with Crippen LogP contribution in [0.25, 0.3) is 0 Å². The molecule has 0 aromatic carbocycles. The highest BCUT2D eigenvalue weighted by atomic mass is 127. The largest absolute Gasteiger partial charge is 0.481 e. The minimum Gasteiger partial charge on any atom is -0.481 e. The molecule has 2 heterocycles. The number of halogens is 1. The van der Waals surface area contributed by atoms with Gasteiger partial charge in [0, 0.05) is 45.1 Å². The van der Waals surface area contributed by atoms with E-state index in [-0.39, 0.29) is 24.0 Å². The van der Waals surface area contributed by atoms with Crippen LogP contribution in [0.15, 0.2) is 23.3 Å². The number of nitrogens with zero attached hydrogens (tertiary/aromatic N) is 3. The van der Waals surface area contributed by atoms with Gasteiger partial charge in [-0.15, -0.1) is 24.0 Å². The first-order valence-electron chi connectivity index (χ1n) is 8.79. The Labute approximate surface area is 168 Å². The van der Waals surface area contributed by atoms with Crippen LogP contribution in [0.2, 0.25) is 0 Å². The van der Waals surface area contributed by atoms with Crippen molar-refractivity contribution in [3.05, 3.63) is 23.9 Å². The number of pyridine rings is 1. The van der Waals surface area contributed by atoms with E-state index in [9.17, 15) is 0 Å². The lowest BCUT2D eigenvalue weighted by molar-refractivity contribution is 0.0625. The highest BCUT2D eigenvalue weighted by Crippen LogP contribution is 2.19. The Bertz CT molecular complexity index is 522. The van der Waals surface area contributed by atoms with Gasteiger partial charge in [-0.2, -0.15) is 0 Å². The number of ether oxygens (including phenoxy) is 2. The van der Waals surface area contributed by atoms with Gasteiger partial charge in [0.15, 0.2) is 5.96 Å². The summed E-state index contributed by atoms with van der Waals surface area (Å²) in [6.07, 6.45) is 5.26. The number of aliphatic imine (C=N–C) groups is 1. The van der Waals surface area contributed by atoms with Gasteiger partial charge in [0.25, 0.3) is 0 Å². The molecule has 0 radical (unpaired) electrons. The average molecular weight is 462 g/mol. The zero-order valence-electron chi connectivity index (χ0n) is 15.5. The molecule has 1 fully saturated rings. The fourth-order valence-corrected chi connectivity index (χ4v) is 2.88. The van der Waals surface area contributed by atoms with E-state index in [1.165, 1.54) is 19.3 Å². The van der Waals surface area contributed by atoms with E-state index in [4.69, 9.17) is 14.5 Å². The summed E-state index contributed by atoms with van der Waals surface area (Å²) in [5.74, 6) is 2.33. The summed E-state index contributed by atoms with van der Waals surface area (Å²) in [6.45, 7) is 6.31. The SMILES string of the molecule is CCNC(=NCc1cccnc1OC)N(C)CCC1CCOCC1.I. The Kier molecular flexibility index (Phi) is 10.8. The van der Waals surface area contributed by atoms with E-state index < -0.39 is 0 Å². The highest BCUT2D eigenvalue weighted by molar-refractivity contribution is 14.0. The fraction of sp³-hybridized carbons (Fsp3) is 0.667. The number of nitrogens with one attached hydrogen (secondary N) is 1. The summed E-state index contributed by atoms with van der Waals surface area (Å²) in [5.41, 5.74) is 0.994. The van der Waals surface area contributed by atoms with Crippen molar-refractivity contribution < 1.29 is 9.47 Å². The van der Waals surface area contributed by atoms with Crippen molar-refractivity contribution >= 4 is 29.9 Å². The molecule has 0 bridgehead atoms. The maximum atomic E-state index is 5.43. The minimum absolute atomic E-state index is 0. The fourth-order valence-electron chi connectivity index (χ4n) is 2.88. The van der Waals surface area contributed by atoms with Crippen LogP contribution in [-0.4, -0.2) is 56.3 Å². The Balaban J connectivity index is 0.00000312. The van der Waals surface area contributed by atoms with Crippen molar-refractivity contribution in [1.29, 1.82) is 0 Å². The third-order valence-corrected chi connectivity index (χ3v) is 4.35. The molecule has 0 unspecified atom stereocenters. The Morgan fingerprint density at radius 1 is 1.44 bits per heavy atom. The number of guanidine groups is 1. The predicted molar refractivity (Wildman–Crippen MR) is 112 cm³/mol.